The molecule has 2 rings (SSSR count). The third-order valence-corrected chi connectivity index (χ3v) is 2.11. The van der Waals surface area contributed by atoms with Crippen molar-refractivity contribution in [3.05, 3.63) is 66.7 Å². The van der Waals surface area contributed by atoms with E-state index in [4.69, 9.17) is 6.58 Å². The summed E-state index contributed by atoms with van der Waals surface area (Å²) in [6, 6.07) is 18.6. The second-order valence-electron chi connectivity index (χ2n) is 3.20. The Morgan fingerprint density at radius 1 is 0.933 bits per heavy atom. The Balaban J connectivity index is 2.15. The number of hydrogen-bond acceptors (Lipinski definition) is 1. The third kappa shape index (κ3) is 2.47. The highest BCUT2D eigenvalue weighted by Crippen LogP contribution is 2.16. The van der Waals surface area contributed by atoms with Gasteiger partial charge in [0, 0.05) is 11.4 Å². The Bertz CT molecular complexity index is 429. The van der Waals surface area contributed by atoms with Crippen LogP contribution in [-0.2, 0) is 0 Å². The third-order valence-electron chi connectivity index (χ3n) is 2.11. The van der Waals surface area contributed by atoms with Crippen LogP contribution in [0.2, 0.25) is 0 Å². The van der Waals surface area contributed by atoms with Crippen molar-refractivity contribution in [3.63, 3.8) is 0 Å². The Labute approximate surface area is 90.1 Å². The van der Waals surface area contributed by atoms with Crippen LogP contribution in [0, 0.1) is 12.6 Å². The van der Waals surface area contributed by atoms with E-state index in [9.17, 15) is 0 Å². The molecule has 1 heteroatoms. The van der Waals surface area contributed by atoms with Gasteiger partial charge in [0.05, 0.1) is 0 Å². The molecule has 0 aliphatic heterocycles. The molecular weight excluding hydrogens is 182 g/mol. The second-order valence-corrected chi connectivity index (χ2v) is 3.20. The topological polar surface area (TPSA) is 12.0 Å². The molecule has 0 unspecified atom stereocenters. The van der Waals surface area contributed by atoms with Gasteiger partial charge in [0.25, 0.3) is 0 Å². The molecule has 0 aliphatic rings. The molecule has 0 aromatic heterocycles. The first kappa shape index (κ1) is 9.53. The molecule has 0 bridgehead atoms. The molecule has 0 saturated heterocycles. The fourth-order valence-corrected chi connectivity index (χ4v) is 1.31. The molecule has 0 atom stereocenters. The summed E-state index contributed by atoms with van der Waals surface area (Å²) < 4.78 is 0. The van der Waals surface area contributed by atoms with Crippen LogP contribution in [0.15, 0.2) is 48.5 Å². The monoisotopic (exact) mass is 193 g/mol. The molecule has 2 aromatic carbocycles. The van der Waals surface area contributed by atoms with Crippen LogP contribution in [-0.4, -0.2) is 0 Å². The number of rotatable bonds is 3. The lowest BCUT2D eigenvalue weighted by Gasteiger charge is -2.05. The van der Waals surface area contributed by atoms with E-state index in [1.165, 1.54) is 0 Å². The summed E-state index contributed by atoms with van der Waals surface area (Å²) in [4.78, 5) is 0. The van der Waals surface area contributed by atoms with Crippen LogP contribution < -0.4 is 5.32 Å². The average molecular weight is 193 g/mol. The van der Waals surface area contributed by atoms with Crippen LogP contribution >= 0.6 is 0 Å². The first-order valence-electron chi connectivity index (χ1n) is 4.76. The van der Waals surface area contributed by atoms with Gasteiger partial charge in [-0.05, 0) is 35.9 Å². The van der Waals surface area contributed by atoms with E-state index in [2.05, 4.69) is 11.4 Å². The van der Waals surface area contributed by atoms with E-state index in [0.29, 0.717) is 0 Å². The standard InChI is InChI=1S/C14H11N/c1-2-12-8-10-14(11-9-12)15-13-6-4-3-5-7-13/h1-2,4-11,15H. The summed E-state index contributed by atoms with van der Waals surface area (Å²) in [6.45, 7) is 5.40. The summed E-state index contributed by atoms with van der Waals surface area (Å²) >= 11 is 0. The van der Waals surface area contributed by atoms with Crippen LogP contribution in [0.3, 0.4) is 0 Å². The minimum Gasteiger partial charge on any atom is -0.356 e. The van der Waals surface area contributed by atoms with Crippen molar-refractivity contribution in [1.82, 2.24) is 0 Å². The molecule has 72 valence electrons. The van der Waals surface area contributed by atoms with Gasteiger partial charge in [-0.25, -0.2) is 0 Å². The normalized spacial score (nSPS) is 9.60. The van der Waals surface area contributed by atoms with Gasteiger partial charge in [-0.15, -0.1) is 0 Å². The van der Waals surface area contributed by atoms with Gasteiger partial charge >= 0.3 is 0 Å². The number of anilines is 2. The van der Waals surface area contributed by atoms with Crippen molar-refractivity contribution in [3.8, 4) is 0 Å². The molecule has 0 aliphatic carbocycles. The highest BCUT2D eigenvalue weighted by atomic mass is 14.9. The molecule has 0 spiro atoms. The molecule has 15 heavy (non-hydrogen) atoms. The van der Waals surface area contributed by atoms with E-state index < -0.39 is 0 Å². The summed E-state index contributed by atoms with van der Waals surface area (Å²) in [5.41, 5.74) is 3.12. The van der Waals surface area contributed by atoms with Gasteiger partial charge in [-0.2, -0.15) is 0 Å². The number of benzene rings is 2. The molecule has 0 saturated carbocycles. The van der Waals surface area contributed by atoms with E-state index in [1.54, 1.807) is 6.08 Å². The van der Waals surface area contributed by atoms with Crippen LogP contribution in [0.4, 0.5) is 11.4 Å². The quantitative estimate of drug-likeness (QED) is 0.784. The SMILES string of the molecule is [CH]=Cc1ccc(Nc2cc[c]cc2)cc1. The van der Waals surface area contributed by atoms with Crippen molar-refractivity contribution in [2.24, 2.45) is 0 Å². The molecule has 0 amide bonds. The van der Waals surface area contributed by atoms with E-state index in [0.717, 1.165) is 16.9 Å². The molecule has 1 N–H and O–H groups in total. The van der Waals surface area contributed by atoms with E-state index >= 15 is 0 Å². The maximum atomic E-state index is 5.40. The Morgan fingerprint density at radius 3 is 2.13 bits per heavy atom. The van der Waals surface area contributed by atoms with Gasteiger partial charge in [0.2, 0.25) is 0 Å². The zero-order valence-electron chi connectivity index (χ0n) is 8.27. The summed E-state index contributed by atoms with van der Waals surface area (Å²) in [6.07, 6.45) is 1.58. The smallest absolute Gasteiger partial charge is 0.0384 e. The first-order valence-corrected chi connectivity index (χ1v) is 4.76. The van der Waals surface area contributed by atoms with Crippen LogP contribution in [0.25, 0.3) is 6.08 Å². The van der Waals surface area contributed by atoms with Crippen molar-refractivity contribution >= 4 is 17.5 Å². The van der Waals surface area contributed by atoms with Crippen LogP contribution in [0.5, 0.6) is 0 Å². The maximum Gasteiger partial charge on any atom is 0.0384 e. The molecule has 0 heterocycles. The zero-order chi connectivity index (χ0) is 10.5. The molecule has 2 aromatic rings. The van der Waals surface area contributed by atoms with Crippen molar-refractivity contribution in [2.75, 3.05) is 5.32 Å². The average Bonchev–Trinajstić information content (AvgIpc) is 2.31. The van der Waals surface area contributed by atoms with Crippen LogP contribution in [0.1, 0.15) is 5.56 Å². The van der Waals surface area contributed by atoms with Crippen molar-refractivity contribution < 1.29 is 0 Å². The predicted octanol–water partition coefficient (Wildman–Crippen LogP) is 3.68. The van der Waals surface area contributed by atoms with Gasteiger partial charge in [0.1, 0.15) is 0 Å². The van der Waals surface area contributed by atoms with Gasteiger partial charge in [-0.1, -0.05) is 36.9 Å². The minimum absolute atomic E-state index is 1.02. The molecular formula is C14H11N. The number of nitrogens with one attached hydrogen (secondary N) is 1. The van der Waals surface area contributed by atoms with Gasteiger partial charge in [0.15, 0.2) is 0 Å². The summed E-state index contributed by atoms with van der Waals surface area (Å²) in [7, 11) is 0. The molecule has 1 nitrogen and oxygen atoms in total. The lowest BCUT2D eigenvalue weighted by molar-refractivity contribution is 1.54. The van der Waals surface area contributed by atoms with Gasteiger partial charge in [-0.3, -0.25) is 0 Å². The predicted molar refractivity (Wildman–Crippen MR) is 63.8 cm³/mol. The van der Waals surface area contributed by atoms with Crippen molar-refractivity contribution in [2.45, 2.75) is 0 Å². The maximum absolute atomic E-state index is 5.40. The van der Waals surface area contributed by atoms with Gasteiger partial charge < -0.3 is 5.32 Å². The Kier molecular flexibility index (Phi) is 2.84. The summed E-state index contributed by atoms with van der Waals surface area (Å²) in [5, 5.41) is 3.28. The number of hydrogen-bond donors (Lipinski definition) is 1. The molecule has 0 fully saturated rings. The lowest BCUT2D eigenvalue weighted by Crippen LogP contribution is -1.88. The Morgan fingerprint density at radius 2 is 1.53 bits per heavy atom. The lowest BCUT2D eigenvalue weighted by atomic mass is 10.2. The zero-order valence-corrected chi connectivity index (χ0v) is 8.27. The second kappa shape index (κ2) is 4.47. The fraction of sp³-hybridized carbons (Fsp3) is 0. The molecule has 2 radical (unpaired) electrons. The highest BCUT2D eigenvalue weighted by Gasteiger charge is 1.92. The highest BCUT2D eigenvalue weighted by molar-refractivity contribution is 5.61. The summed E-state index contributed by atoms with van der Waals surface area (Å²) in [5.74, 6) is 0. The fourth-order valence-electron chi connectivity index (χ4n) is 1.31. The first-order chi connectivity index (χ1) is 7.38. The minimum atomic E-state index is 1.02. The van der Waals surface area contributed by atoms with E-state index in [-0.39, 0.29) is 0 Å². The largest absolute Gasteiger partial charge is 0.356 e. The van der Waals surface area contributed by atoms with E-state index in [1.807, 2.05) is 48.5 Å². The van der Waals surface area contributed by atoms with Crippen molar-refractivity contribution in [1.29, 1.82) is 0 Å². The Hall–Kier alpha value is -2.02.